The Bertz CT molecular complexity index is 1050. The molecule has 0 aliphatic carbocycles. The van der Waals surface area contributed by atoms with Crippen LogP contribution in [-0.2, 0) is 24.2 Å². The SMILES string of the molecule is NC(=O)Cc1c(Cc2ccccc2)ncn1Cc1cccc2n[nH]nc12. The summed E-state index contributed by atoms with van der Waals surface area (Å²) in [6, 6.07) is 15.9. The number of nitrogens with two attached hydrogens (primary N) is 1. The number of rotatable bonds is 6. The number of primary amides is 1. The first-order valence-corrected chi connectivity index (χ1v) is 8.34. The van der Waals surface area contributed by atoms with Gasteiger partial charge >= 0.3 is 0 Å². The van der Waals surface area contributed by atoms with E-state index in [1.807, 2.05) is 53.1 Å². The zero-order valence-electron chi connectivity index (χ0n) is 14.1. The van der Waals surface area contributed by atoms with Gasteiger partial charge in [-0.05, 0) is 11.6 Å². The Balaban J connectivity index is 1.69. The molecule has 2 aromatic heterocycles. The first-order chi connectivity index (χ1) is 12.7. The normalized spacial score (nSPS) is 11.1. The van der Waals surface area contributed by atoms with E-state index >= 15 is 0 Å². The molecule has 4 rings (SSSR count). The summed E-state index contributed by atoms with van der Waals surface area (Å²) in [5.41, 5.74) is 10.9. The van der Waals surface area contributed by atoms with Crippen LogP contribution in [0.25, 0.3) is 11.0 Å². The Labute approximate surface area is 149 Å². The van der Waals surface area contributed by atoms with E-state index in [1.165, 1.54) is 0 Å². The van der Waals surface area contributed by atoms with Crippen molar-refractivity contribution >= 4 is 16.9 Å². The molecule has 0 aliphatic rings. The maximum Gasteiger partial charge on any atom is 0.223 e. The van der Waals surface area contributed by atoms with Gasteiger partial charge in [-0.3, -0.25) is 4.79 Å². The molecular weight excluding hydrogens is 328 g/mol. The molecule has 0 saturated carbocycles. The predicted octanol–water partition coefficient (Wildman–Crippen LogP) is 1.82. The molecule has 4 aromatic rings. The van der Waals surface area contributed by atoms with Crippen molar-refractivity contribution in [3.63, 3.8) is 0 Å². The molecule has 7 nitrogen and oxygen atoms in total. The average Bonchev–Trinajstić information content (AvgIpc) is 3.25. The molecule has 0 fully saturated rings. The van der Waals surface area contributed by atoms with Crippen molar-refractivity contribution in [3.8, 4) is 0 Å². The third kappa shape index (κ3) is 3.19. The fraction of sp³-hybridized carbons (Fsp3) is 0.158. The van der Waals surface area contributed by atoms with E-state index in [0.29, 0.717) is 13.0 Å². The van der Waals surface area contributed by atoms with Crippen LogP contribution >= 0.6 is 0 Å². The van der Waals surface area contributed by atoms with Gasteiger partial charge in [-0.25, -0.2) is 4.98 Å². The van der Waals surface area contributed by atoms with Crippen molar-refractivity contribution in [2.75, 3.05) is 0 Å². The summed E-state index contributed by atoms with van der Waals surface area (Å²) < 4.78 is 1.96. The van der Waals surface area contributed by atoms with Crippen LogP contribution in [0.2, 0.25) is 0 Å². The maximum absolute atomic E-state index is 11.6. The minimum atomic E-state index is -0.374. The lowest BCUT2D eigenvalue weighted by Gasteiger charge is -2.09. The van der Waals surface area contributed by atoms with Crippen LogP contribution in [0.5, 0.6) is 0 Å². The highest BCUT2D eigenvalue weighted by atomic mass is 16.1. The highest BCUT2D eigenvalue weighted by molar-refractivity contribution is 5.78. The number of benzene rings is 2. The number of carbonyl (C=O) groups is 1. The minimum absolute atomic E-state index is 0.150. The van der Waals surface area contributed by atoms with E-state index in [4.69, 9.17) is 5.73 Å². The molecule has 0 radical (unpaired) electrons. The van der Waals surface area contributed by atoms with E-state index in [2.05, 4.69) is 20.4 Å². The number of fused-ring (bicyclic) bond motifs is 1. The molecule has 0 aliphatic heterocycles. The van der Waals surface area contributed by atoms with Crippen molar-refractivity contribution in [1.29, 1.82) is 0 Å². The molecule has 0 atom stereocenters. The lowest BCUT2D eigenvalue weighted by molar-refractivity contribution is -0.117. The van der Waals surface area contributed by atoms with Crippen LogP contribution in [0, 0.1) is 0 Å². The number of hydrogen-bond donors (Lipinski definition) is 2. The third-order valence-electron chi connectivity index (χ3n) is 4.36. The van der Waals surface area contributed by atoms with Crippen LogP contribution in [0.1, 0.15) is 22.5 Å². The summed E-state index contributed by atoms with van der Waals surface area (Å²) in [5, 5.41) is 11.0. The van der Waals surface area contributed by atoms with Gasteiger partial charge in [0.25, 0.3) is 0 Å². The van der Waals surface area contributed by atoms with Gasteiger partial charge in [0.05, 0.1) is 30.7 Å². The Morgan fingerprint density at radius 3 is 2.73 bits per heavy atom. The third-order valence-corrected chi connectivity index (χ3v) is 4.36. The molecule has 3 N–H and O–H groups in total. The first kappa shape index (κ1) is 16.0. The summed E-state index contributed by atoms with van der Waals surface area (Å²) in [6.45, 7) is 0.550. The Morgan fingerprint density at radius 1 is 1.08 bits per heavy atom. The second-order valence-electron chi connectivity index (χ2n) is 6.18. The highest BCUT2D eigenvalue weighted by Gasteiger charge is 2.15. The van der Waals surface area contributed by atoms with Gasteiger partial charge < -0.3 is 10.3 Å². The standard InChI is InChI=1S/C19H18N6O/c20-18(26)10-17-16(9-13-5-2-1-3-6-13)21-12-25(17)11-14-7-4-8-15-19(14)23-24-22-15/h1-8,12H,9-11H2,(H2,20,26)(H,22,23,24). The van der Waals surface area contributed by atoms with Gasteiger partial charge in [-0.2, -0.15) is 15.4 Å². The summed E-state index contributed by atoms with van der Waals surface area (Å²) in [7, 11) is 0. The quantitative estimate of drug-likeness (QED) is 0.556. The van der Waals surface area contributed by atoms with Gasteiger partial charge in [-0.15, -0.1) is 0 Å². The summed E-state index contributed by atoms with van der Waals surface area (Å²) in [4.78, 5) is 16.1. The molecule has 0 bridgehead atoms. The van der Waals surface area contributed by atoms with Crippen LogP contribution < -0.4 is 5.73 Å². The average molecular weight is 346 g/mol. The first-order valence-electron chi connectivity index (χ1n) is 8.34. The topological polar surface area (TPSA) is 102 Å². The Hall–Kier alpha value is -3.48. The number of imidazole rings is 1. The van der Waals surface area contributed by atoms with Crippen LogP contribution in [0.3, 0.4) is 0 Å². The monoisotopic (exact) mass is 346 g/mol. The number of carbonyl (C=O) groups excluding carboxylic acids is 1. The Kier molecular flexibility index (Phi) is 4.18. The molecule has 130 valence electrons. The minimum Gasteiger partial charge on any atom is -0.369 e. The van der Waals surface area contributed by atoms with Crippen LogP contribution in [0.4, 0.5) is 0 Å². The van der Waals surface area contributed by atoms with Crippen molar-refractivity contribution in [2.24, 2.45) is 5.73 Å². The molecule has 7 heteroatoms. The molecular formula is C19H18N6O. The smallest absolute Gasteiger partial charge is 0.223 e. The fourth-order valence-electron chi connectivity index (χ4n) is 3.13. The molecule has 2 aromatic carbocycles. The van der Waals surface area contributed by atoms with Gasteiger partial charge in [0, 0.05) is 12.0 Å². The number of amides is 1. The van der Waals surface area contributed by atoms with Crippen molar-refractivity contribution < 1.29 is 4.79 Å². The number of aromatic nitrogens is 5. The van der Waals surface area contributed by atoms with Crippen LogP contribution in [-0.4, -0.2) is 30.9 Å². The lowest BCUT2D eigenvalue weighted by Crippen LogP contribution is -2.18. The maximum atomic E-state index is 11.6. The highest BCUT2D eigenvalue weighted by Crippen LogP contribution is 2.19. The molecule has 0 unspecified atom stereocenters. The molecule has 26 heavy (non-hydrogen) atoms. The number of H-pyrrole nitrogens is 1. The molecule has 0 spiro atoms. The van der Waals surface area contributed by atoms with E-state index in [-0.39, 0.29) is 12.3 Å². The lowest BCUT2D eigenvalue weighted by atomic mass is 10.1. The van der Waals surface area contributed by atoms with Crippen molar-refractivity contribution in [3.05, 3.63) is 77.4 Å². The van der Waals surface area contributed by atoms with Gasteiger partial charge in [0.1, 0.15) is 11.0 Å². The van der Waals surface area contributed by atoms with E-state index in [0.717, 1.165) is 33.5 Å². The second-order valence-corrected chi connectivity index (χ2v) is 6.18. The second kappa shape index (κ2) is 6.79. The van der Waals surface area contributed by atoms with Crippen molar-refractivity contribution in [2.45, 2.75) is 19.4 Å². The fourth-order valence-corrected chi connectivity index (χ4v) is 3.13. The predicted molar refractivity (Wildman–Crippen MR) is 97.4 cm³/mol. The van der Waals surface area contributed by atoms with E-state index in [9.17, 15) is 4.79 Å². The van der Waals surface area contributed by atoms with E-state index < -0.39 is 0 Å². The largest absolute Gasteiger partial charge is 0.369 e. The zero-order valence-corrected chi connectivity index (χ0v) is 14.1. The molecule has 1 amide bonds. The zero-order chi connectivity index (χ0) is 17.9. The number of hydrogen-bond acceptors (Lipinski definition) is 4. The summed E-state index contributed by atoms with van der Waals surface area (Å²) in [5.74, 6) is -0.374. The van der Waals surface area contributed by atoms with Gasteiger partial charge in [-0.1, -0.05) is 42.5 Å². The summed E-state index contributed by atoms with van der Waals surface area (Å²) in [6.07, 6.45) is 2.57. The summed E-state index contributed by atoms with van der Waals surface area (Å²) >= 11 is 0. The van der Waals surface area contributed by atoms with Gasteiger partial charge in [0.2, 0.25) is 5.91 Å². The Morgan fingerprint density at radius 2 is 1.92 bits per heavy atom. The molecule has 2 heterocycles. The van der Waals surface area contributed by atoms with E-state index in [1.54, 1.807) is 6.33 Å². The number of aromatic amines is 1. The van der Waals surface area contributed by atoms with Crippen molar-refractivity contribution in [1.82, 2.24) is 25.0 Å². The number of para-hydroxylation sites is 1. The van der Waals surface area contributed by atoms with Gasteiger partial charge in [0.15, 0.2) is 0 Å². The number of nitrogens with zero attached hydrogens (tertiary/aromatic N) is 4. The van der Waals surface area contributed by atoms with Crippen LogP contribution in [0.15, 0.2) is 54.9 Å². The number of nitrogens with one attached hydrogen (secondary N) is 1. The molecule has 0 saturated heterocycles.